The molecular weight excluding hydrogens is 207 g/mol. The summed E-state index contributed by atoms with van der Waals surface area (Å²) in [5.74, 6) is -1.10. The van der Waals surface area contributed by atoms with Gasteiger partial charge in [-0.2, -0.15) is 13.2 Å². The summed E-state index contributed by atoms with van der Waals surface area (Å²) >= 11 is 3.93. The van der Waals surface area contributed by atoms with Gasteiger partial charge in [0.05, 0.1) is 5.92 Å². The van der Waals surface area contributed by atoms with Gasteiger partial charge in [-0.1, -0.05) is 11.7 Å². The van der Waals surface area contributed by atoms with Gasteiger partial charge in [-0.15, -0.1) is 0 Å². The molecule has 0 saturated carbocycles. The molecule has 1 aliphatic heterocycles. The highest BCUT2D eigenvalue weighted by molar-refractivity contribution is 8.67. The molecule has 0 spiro atoms. The molecule has 0 aromatic rings. The smallest absolute Gasteiger partial charge is 0.241 e. The van der Waals surface area contributed by atoms with Crippen LogP contribution in [-0.4, -0.2) is 23.6 Å². The summed E-state index contributed by atoms with van der Waals surface area (Å²) in [4.78, 5) is 0. The Balaban J connectivity index is 2.36. The molecule has 1 saturated heterocycles. The summed E-state index contributed by atoms with van der Waals surface area (Å²) in [7, 11) is 1.22. The van der Waals surface area contributed by atoms with E-state index in [-0.39, 0.29) is 12.8 Å². The van der Waals surface area contributed by atoms with Crippen LogP contribution in [0.3, 0.4) is 0 Å². The second-order valence-corrected chi connectivity index (χ2v) is 4.00. The van der Waals surface area contributed by atoms with Crippen molar-refractivity contribution in [1.82, 2.24) is 4.31 Å². The van der Waals surface area contributed by atoms with Gasteiger partial charge in [-0.05, 0) is 23.8 Å². The van der Waals surface area contributed by atoms with Crippen molar-refractivity contribution in [3.8, 4) is 0 Å². The third-order valence-electron chi connectivity index (χ3n) is 2.03. The van der Waals surface area contributed by atoms with E-state index in [1.165, 1.54) is 11.0 Å². The van der Waals surface area contributed by atoms with Gasteiger partial charge in [0.2, 0.25) is 0 Å². The average molecular weight is 217 g/mol. The zero-order valence-electron chi connectivity index (χ0n) is 6.34. The summed E-state index contributed by atoms with van der Waals surface area (Å²) in [5, 5.41) is 0. The molecule has 1 nitrogen and oxygen atoms in total. The fraction of sp³-hybridized carbons (Fsp3) is 1.00. The lowest BCUT2D eigenvalue weighted by atomic mass is 9.98. The quantitative estimate of drug-likeness (QED) is 0.409. The Morgan fingerprint density at radius 3 is 2.08 bits per heavy atom. The van der Waals surface area contributed by atoms with Crippen LogP contribution < -0.4 is 0 Å². The average Bonchev–Trinajstić information content (AvgIpc) is 2.03. The van der Waals surface area contributed by atoms with Gasteiger partial charge in [0.1, 0.15) is 0 Å². The third kappa shape index (κ3) is 2.74. The number of hydrogen-bond acceptors (Lipinski definition) is 3. The SMILES string of the molecule is FC(F)(F)C1CCN(SS)CC1. The van der Waals surface area contributed by atoms with Crippen LogP contribution in [0.4, 0.5) is 13.2 Å². The molecule has 72 valence electrons. The molecule has 0 aliphatic carbocycles. The van der Waals surface area contributed by atoms with E-state index in [0.717, 1.165) is 0 Å². The first kappa shape index (κ1) is 10.5. The summed E-state index contributed by atoms with van der Waals surface area (Å²) in [6, 6.07) is 0. The summed E-state index contributed by atoms with van der Waals surface area (Å²) < 4.78 is 38.2. The predicted octanol–water partition coefficient (Wildman–Crippen LogP) is 2.75. The number of halogens is 3. The number of piperidine rings is 1. The zero-order chi connectivity index (χ0) is 9.19. The Labute approximate surface area is 78.6 Å². The Kier molecular flexibility index (Phi) is 3.60. The van der Waals surface area contributed by atoms with Gasteiger partial charge in [0.15, 0.2) is 0 Å². The molecule has 0 N–H and O–H groups in total. The Morgan fingerprint density at radius 1 is 1.25 bits per heavy atom. The number of alkyl halides is 3. The predicted molar refractivity (Wildman–Crippen MR) is 46.9 cm³/mol. The molecule has 6 heteroatoms. The Bertz CT molecular complexity index is 142. The standard InChI is InChI=1S/C6H10F3NS2/c7-6(8,9)5-1-3-10(12-11)4-2-5/h5,11H,1-4H2. The van der Waals surface area contributed by atoms with Gasteiger partial charge in [0.25, 0.3) is 0 Å². The lowest BCUT2D eigenvalue weighted by molar-refractivity contribution is -0.182. The molecule has 0 unspecified atom stereocenters. The first-order valence-electron chi connectivity index (χ1n) is 3.67. The van der Waals surface area contributed by atoms with Gasteiger partial charge in [-0.25, -0.2) is 4.31 Å². The maximum absolute atomic E-state index is 12.1. The van der Waals surface area contributed by atoms with Crippen LogP contribution in [-0.2, 0) is 0 Å². The van der Waals surface area contributed by atoms with Crippen molar-refractivity contribution < 1.29 is 13.2 Å². The fourth-order valence-electron chi connectivity index (χ4n) is 1.26. The largest absolute Gasteiger partial charge is 0.391 e. The minimum absolute atomic E-state index is 0.205. The minimum atomic E-state index is -4.01. The van der Waals surface area contributed by atoms with E-state index < -0.39 is 12.1 Å². The third-order valence-corrected chi connectivity index (χ3v) is 3.32. The van der Waals surface area contributed by atoms with E-state index in [9.17, 15) is 13.2 Å². The van der Waals surface area contributed by atoms with E-state index >= 15 is 0 Å². The summed E-state index contributed by atoms with van der Waals surface area (Å²) in [6.45, 7) is 0.969. The van der Waals surface area contributed by atoms with Crippen LogP contribution in [0.1, 0.15) is 12.8 Å². The van der Waals surface area contributed by atoms with Crippen LogP contribution in [0.25, 0.3) is 0 Å². The number of rotatable bonds is 1. The molecule has 12 heavy (non-hydrogen) atoms. The topological polar surface area (TPSA) is 3.24 Å². The first-order chi connectivity index (χ1) is 5.54. The highest BCUT2D eigenvalue weighted by Crippen LogP contribution is 2.35. The van der Waals surface area contributed by atoms with Gasteiger partial charge >= 0.3 is 6.18 Å². The van der Waals surface area contributed by atoms with Crippen LogP contribution in [0.5, 0.6) is 0 Å². The van der Waals surface area contributed by atoms with E-state index in [0.29, 0.717) is 13.1 Å². The lowest BCUT2D eigenvalue weighted by Gasteiger charge is -2.30. The molecule has 0 aromatic heterocycles. The maximum atomic E-state index is 12.1. The highest BCUT2D eigenvalue weighted by atomic mass is 33.1. The molecule has 1 fully saturated rings. The maximum Gasteiger partial charge on any atom is 0.391 e. The second kappa shape index (κ2) is 4.11. The van der Waals surface area contributed by atoms with Crippen LogP contribution in [0.15, 0.2) is 0 Å². The Morgan fingerprint density at radius 2 is 1.75 bits per heavy atom. The minimum Gasteiger partial charge on any atom is -0.241 e. The second-order valence-electron chi connectivity index (χ2n) is 2.83. The molecule has 1 aliphatic rings. The fourth-order valence-corrected chi connectivity index (χ4v) is 2.13. The molecule has 0 aromatic carbocycles. The molecule has 1 rings (SSSR count). The van der Waals surface area contributed by atoms with Crippen LogP contribution in [0, 0.1) is 5.92 Å². The lowest BCUT2D eigenvalue weighted by Crippen LogP contribution is -2.35. The molecule has 0 atom stereocenters. The van der Waals surface area contributed by atoms with E-state index in [4.69, 9.17) is 0 Å². The van der Waals surface area contributed by atoms with E-state index in [1.54, 1.807) is 0 Å². The van der Waals surface area contributed by atoms with Crippen molar-refractivity contribution >= 4 is 22.6 Å². The Hall–Kier alpha value is 0.450. The molecule has 0 amide bonds. The first-order valence-corrected chi connectivity index (χ1v) is 5.50. The summed E-state index contributed by atoms with van der Waals surface area (Å²) in [5.41, 5.74) is 0. The normalized spacial score (nSPS) is 23.0. The van der Waals surface area contributed by atoms with Crippen molar-refractivity contribution in [1.29, 1.82) is 0 Å². The van der Waals surface area contributed by atoms with Crippen molar-refractivity contribution in [3.63, 3.8) is 0 Å². The monoisotopic (exact) mass is 217 g/mol. The van der Waals surface area contributed by atoms with Crippen molar-refractivity contribution in [2.75, 3.05) is 13.1 Å². The summed E-state index contributed by atoms with van der Waals surface area (Å²) in [6.07, 6.45) is -3.60. The van der Waals surface area contributed by atoms with Gasteiger partial charge in [-0.3, -0.25) is 0 Å². The number of nitrogens with zero attached hydrogens (tertiary/aromatic N) is 1. The van der Waals surface area contributed by atoms with Crippen molar-refractivity contribution in [2.24, 2.45) is 5.92 Å². The zero-order valence-corrected chi connectivity index (χ0v) is 8.05. The van der Waals surface area contributed by atoms with Crippen molar-refractivity contribution in [2.45, 2.75) is 19.0 Å². The van der Waals surface area contributed by atoms with Gasteiger partial charge in [0, 0.05) is 13.1 Å². The molecular formula is C6H10F3NS2. The van der Waals surface area contributed by atoms with Crippen LogP contribution in [0.2, 0.25) is 0 Å². The molecule has 0 bridgehead atoms. The van der Waals surface area contributed by atoms with E-state index in [1.807, 2.05) is 4.31 Å². The van der Waals surface area contributed by atoms with Crippen molar-refractivity contribution in [3.05, 3.63) is 0 Å². The number of hydrogen-bond donors (Lipinski definition) is 1. The number of thiol groups is 1. The van der Waals surface area contributed by atoms with E-state index in [2.05, 4.69) is 11.7 Å². The molecule has 0 radical (unpaired) electrons. The van der Waals surface area contributed by atoms with Crippen LogP contribution >= 0.6 is 22.6 Å². The highest BCUT2D eigenvalue weighted by Gasteiger charge is 2.40. The van der Waals surface area contributed by atoms with Gasteiger partial charge < -0.3 is 0 Å². The molecule has 1 heterocycles.